The third-order valence-electron chi connectivity index (χ3n) is 3.37. The van der Waals surface area contributed by atoms with Gasteiger partial charge in [0.25, 0.3) is 0 Å². The number of hydrogen-bond donors (Lipinski definition) is 1. The topological polar surface area (TPSA) is 30.5 Å². The summed E-state index contributed by atoms with van der Waals surface area (Å²) in [6, 6.07) is 2.05. The highest BCUT2D eigenvalue weighted by atomic mass is 35.5. The van der Waals surface area contributed by atoms with Gasteiger partial charge in [0.1, 0.15) is 11.5 Å². The second-order valence-corrected chi connectivity index (χ2v) is 4.71. The Bertz CT molecular complexity index is 414. The lowest BCUT2D eigenvalue weighted by molar-refractivity contribution is 0.394. The van der Waals surface area contributed by atoms with Crippen LogP contribution in [-0.2, 0) is 0 Å². The summed E-state index contributed by atoms with van der Waals surface area (Å²) in [4.78, 5) is 0. The van der Waals surface area contributed by atoms with E-state index in [1.54, 1.807) is 14.2 Å². The van der Waals surface area contributed by atoms with Crippen LogP contribution < -0.4 is 14.8 Å². The molecule has 1 N–H and O–H groups in total. The summed E-state index contributed by atoms with van der Waals surface area (Å²) in [5, 5.41) is 4.02. The van der Waals surface area contributed by atoms with E-state index in [1.165, 1.54) is 0 Å². The third kappa shape index (κ3) is 2.22. The highest BCUT2D eigenvalue weighted by Crippen LogP contribution is 2.42. The zero-order valence-corrected chi connectivity index (χ0v) is 11.2. The Morgan fingerprint density at radius 2 is 2.12 bits per heavy atom. The van der Waals surface area contributed by atoms with Crippen LogP contribution >= 0.6 is 11.6 Å². The van der Waals surface area contributed by atoms with E-state index in [9.17, 15) is 0 Å². The van der Waals surface area contributed by atoms with Gasteiger partial charge >= 0.3 is 0 Å². The zero-order chi connectivity index (χ0) is 12.4. The van der Waals surface area contributed by atoms with Gasteiger partial charge in [-0.2, -0.15) is 0 Å². The van der Waals surface area contributed by atoms with Gasteiger partial charge in [0.2, 0.25) is 0 Å². The summed E-state index contributed by atoms with van der Waals surface area (Å²) in [5.74, 6) is 2.08. The fourth-order valence-corrected chi connectivity index (χ4v) is 2.64. The Labute approximate surface area is 107 Å². The quantitative estimate of drug-likeness (QED) is 0.901. The van der Waals surface area contributed by atoms with E-state index in [0.717, 1.165) is 42.1 Å². The number of methoxy groups -OCH3 is 2. The fourth-order valence-electron chi connectivity index (χ4n) is 2.36. The van der Waals surface area contributed by atoms with Crippen molar-refractivity contribution in [3.8, 4) is 11.5 Å². The summed E-state index contributed by atoms with van der Waals surface area (Å²) < 4.78 is 10.8. The van der Waals surface area contributed by atoms with Crippen LogP contribution in [0, 0.1) is 6.92 Å². The third-order valence-corrected chi connectivity index (χ3v) is 3.83. The SMILES string of the molecule is COc1cc(C2CCNC2)c(OC)c(Cl)c1C. The maximum absolute atomic E-state index is 6.34. The first-order valence-corrected chi connectivity index (χ1v) is 6.18. The Kier molecular flexibility index (Phi) is 3.79. The lowest BCUT2D eigenvalue weighted by atomic mass is 9.95. The number of hydrogen-bond acceptors (Lipinski definition) is 3. The number of nitrogens with one attached hydrogen (secondary N) is 1. The summed E-state index contributed by atoms with van der Waals surface area (Å²) in [6.07, 6.45) is 1.11. The van der Waals surface area contributed by atoms with Crippen molar-refractivity contribution in [2.45, 2.75) is 19.3 Å². The van der Waals surface area contributed by atoms with Gasteiger partial charge in [0.15, 0.2) is 0 Å². The molecule has 94 valence electrons. The molecule has 0 radical (unpaired) electrons. The smallest absolute Gasteiger partial charge is 0.141 e. The molecule has 1 aromatic rings. The summed E-state index contributed by atoms with van der Waals surface area (Å²) >= 11 is 6.34. The average Bonchev–Trinajstić information content (AvgIpc) is 2.86. The number of rotatable bonds is 3. The van der Waals surface area contributed by atoms with Gasteiger partial charge in [-0.25, -0.2) is 0 Å². The van der Waals surface area contributed by atoms with Gasteiger partial charge in [-0.1, -0.05) is 11.6 Å². The normalized spacial score (nSPS) is 19.4. The monoisotopic (exact) mass is 255 g/mol. The molecule has 0 aromatic heterocycles. The molecule has 1 unspecified atom stereocenters. The Morgan fingerprint density at radius 3 is 2.65 bits per heavy atom. The lowest BCUT2D eigenvalue weighted by Crippen LogP contribution is -2.09. The predicted octanol–water partition coefficient (Wildman–Crippen LogP) is 2.74. The molecule has 1 atom stereocenters. The van der Waals surface area contributed by atoms with Crippen molar-refractivity contribution in [1.82, 2.24) is 5.32 Å². The average molecular weight is 256 g/mol. The van der Waals surface area contributed by atoms with E-state index >= 15 is 0 Å². The molecule has 0 bridgehead atoms. The van der Waals surface area contributed by atoms with Gasteiger partial charge in [-0.3, -0.25) is 0 Å². The number of halogens is 1. The Hall–Kier alpha value is -0.930. The molecule has 1 heterocycles. The second-order valence-electron chi connectivity index (χ2n) is 4.33. The van der Waals surface area contributed by atoms with Gasteiger partial charge < -0.3 is 14.8 Å². The summed E-state index contributed by atoms with van der Waals surface area (Å²) in [7, 11) is 3.33. The minimum absolute atomic E-state index is 0.456. The van der Waals surface area contributed by atoms with Crippen molar-refractivity contribution in [3.63, 3.8) is 0 Å². The summed E-state index contributed by atoms with van der Waals surface area (Å²) in [5.41, 5.74) is 2.07. The van der Waals surface area contributed by atoms with E-state index in [-0.39, 0.29) is 0 Å². The van der Waals surface area contributed by atoms with E-state index < -0.39 is 0 Å². The van der Waals surface area contributed by atoms with Crippen LogP contribution in [0.2, 0.25) is 5.02 Å². The molecule has 0 spiro atoms. The first-order valence-electron chi connectivity index (χ1n) is 5.80. The van der Waals surface area contributed by atoms with Crippen LogP contribution in [-0.4, -0.2) is 27.3 Å². The first-order chi connectivity index (χ1) is 8.19. The van der Waals surface area contributed by atoms with Crippen LogP contribution in [0.3, 0.4) is 0 Å². The highest BCUT2D eigenvalue weighted by molar-refractivity contribution is 6.33. The highest BCUT2D eigenvalue weighted by Gasteiger charge is 2.24. The van der Waals surface area contributed by atoms with Crippen molar-refractivity contribution in [2.75, 3.05) is 27.3 Å². The Morgan fingerprint density at radius 1 is 1.35 bits per heavy atom. The van der Waals surface area contributed by atoms with Crippen molar-refractivity contribution in [2.24, 2.45) is 0 Å². The van der Waals surface area contributed by atoms with Crippen LogP contribution in [0.15, 0.2) is 6.07 Å². The first kappa shape index (κ1) is 12.5. The largest absolute Gasteiger partial charge is 0.496 e. The van der Waals surface area contributed by atoms with Crippen molar-refractivity contribution in [3.05, 3.63) is 22.2 Å². The van der Waals surface area contributed by atoms with Crippen LogP contribution in [0.25, 0.3) is 0 Å². The minimum Gasteiger partial charge on any atom is -0.496 e. The van der Waals surface area contributed by atoms with Crippen molar-refractivity contribution in [1.29, 1.82) is 0 Å². The molecule has 2 rings (SSSR count). The van der Waals surface area contributed by atoms with E-state index in [4.69, 9.17) is 21.1 Å². The molecular formula is C13H18ClNO2. The molecule has 0 amide bonds. The molecule has 1 aromatic carbocycles. The van der Waals surface area contributed by atoms with Crippen LogP contribution in [0.1, 0.15) is 23.5 Å². The molecule has 1 aliphatic heterocycles. The van der Waals surface area contributed by atoms with Gasteiger partial charge in [-0.15, -0.1) is 0 Å². The Balaban J connectivity index is 2.51. The maximum atomic E-state index is 6.34. The lowest BCUT2D eigenvalue weighted by Gasteiger charge is -2.18. The van der Waals surface area contributed by atoms with Crippen LogP contribution in [0.4, 0.5) is 0 Å². The molecule has 1 aliphatic rings. The molecule has 0 aliphatic carbocycles. The van der Waals surface area contributed by atoms with Crippen LogP contribution in [0.5, 0.6) is 11.5 Å². The van der Waals surface area contributed by atoms with Gasteiger partial charge in [-0.05, 0) is 26.0 Å². The number of ether oxygens (including phenoxy) is 2. The standard InChI is InChI=1S/C13H18ClNO2/c1-8-11(16-2)6-10(9-4-5-15-7-9)13(17-3)12(8)14/h6,9,15H,4-5,7H2,1-3H3. The molecule has 17 heavy (non-hydrogen) atoms. The molecule has 0 saturated carbocycles. The second kappa shape index (κ2) is 5.15. The predicted molar refractivity (Wildman–Crippen MR) is 69.5 cm³/mol. The van der Waals surface area contributed by atoms with Gasteiger partial charge in [0, 0.05) is 23.6 Å². The summed E-state index contributed by atoms with van der Waals surface area (Å²) in [6.45, 7) is 3.96. The molecule has 1 fully saturated rings. The maximum Gasteiger partial charge on any atom is 0.141 e. The molecule has 3 nitrogen and oxygen atoms in total. The van der Waals surface area contributed by atoms with Gasteiger partial charge in [0.05, 0.1) is 19.2 Å². The van der Waals surface area contributed by atoms with E-state index in [1.807, 2.05) is 6.92 Å². The van der Waals surface area contributed by atoms with E-state index in [2.05, 4.69) is 11.4 Å². The molecule has 1 saturated heterocycles. The molecular weight excluding hydrogens is 238 g/mol. The minimum atomic E-state index is 0.456. The zero-order valence-electron chi connectivity index (χ0n) is 10.5. The van der Waals surface area contributed by atoms with Crippen molar-refractivity contribution >= 4 is 11.6 Å². The molecule has 4 heteroatoms. The van der Waals surface area contributed by atoms with E-state index in [0.29, 0.717) is 10.9 Å². The number of benzene rings is 1. The van der Waals surface area contributed by atoms with Crippen molar-refractivity contribution < 1.29 is 9.47 Å². The fraction of sp³-hybridized carbons (Fsp3) is 0.538.